The summed E-state index contributed by atoms with van der Waals surface area (Å²) in [7, 11) is 0. The molecule has 1 fully saturated rings. The van der Waals surface area contributed by atoms with E-state index in [0.717, 1.165) is 18.8 Å². The van der Waals surface area contributed by atoms with Crippen molar-refractivity contribution in [3.8, 4) is 0 Å². The van der Waals surface area contributed by atoms with E-state index in [4.69, 9.17) is 4.74 Å². The van der Waals surface area contributed by atoms with Crippen molar-refractivity contribution in [2.75, 3.05) is 18.4 Å². The number of carbonyl (C=O) groups excluding carboxylic acids is 1. The van der Waals surface area contributed by atoms with Crippen LogP contribution in [0.15, 0.2) is 34.4 Å². The van der Waals surface area contributed by atoms with Gasteiger partial charge >= 0.3 is 0 Å². The Labute approximate surface area is 184 Å². The van der Waals surface area contributed by atoms with Gasteiger partial charge in [0.05, 0.1) is 29.3 Å². The SMILES string of the molecule is CC1CN(Cc2csc(NC(=O)c3nn(C(C)C)c(=O)c4ccccc34)n2)CC(C)O1. The molecule has 9 heteroatoms. The minimum absolute atomic E-state index is 0.159. The van der Waals surface area contributed by atoms with Gasteiger partial charge in [-0.2, -0.15) is 5.10 Å². The van der Waals surface area contributed by atoms with Gasteiger partial charge in [0.15, 0.2) is 10.8 Å². The highest BCUT2D eigenvalue weighted by Crippen LogP contribution is 2.21. The molecule has 2 atom stereocenters. The van der Waals surface area contributed by atoms with Gasteiger partial charge in [-0.05, 0) is 33.8 Å². The van der Waals surface area contributed by atoms with Gasteiger partial charge in [-0.15, -0.1) is 11.3 Å². The lowest BCUT2D eigenvalue weighted by atomic mass is 10.1. The molecule has 0 radical (unpaired) electrons. The van der Waals surface area contributed by atoms with E-state index < -0.39 is 0 Å². The van der Waals surface area contributed by atoms with Gasteiger partial charge in [-0.1, -0.05) is 18.2 Å². The van der Waals surface area contributed by atoms with Crippen LogP contribution in [0.1, 0.15) is 49.9 Å². The normalized spacial score (nSPS) is 19.8. The molecule has 1 amide bonds. The van der Waals surface area contributed by atoms with E-state index in [-0.39, 0.29) is 35.4 Å². The minimum atomic E-state index is -0.375. The van der Waals surface area contributed by atoms with Crippen LogP contribution in [0.2, 0.25) is 0 Å². The average molecular weight is 442 g/mol. The Morgan fingerprint density at radius 3 is 2.58 bits per heavy atom. The Morgan fingerprint density at radius 2 is 1.90 bits per heavy atom. The molecule has 2 aromatic heterocycles. The largest absolute Gasteiger partial charge is 0.373 e. The summed E-state index contributed by atoms with van der Waals surface area (Å²) in [4.78, 5) is 32.6. The number of benzene rings is 1. The number of hydrogen-bond donors (Lipinski definition) is 1. The zero-order valence-electron chi connectivity index (χ0n) is 18.2. The van der Waals surface area contributed by atoms with Gasteiger partial charge in [0.25, 0.3) is 11.5 Å². The summed E-state index contributed by atoms with van der Waals surface area (Å²) in [5.74, 6) is -0.375. The van der Waals surface area contributed by atoms with Crippen LogP contribution in [0.3, 0.4) is 0 Å². The number of anilines is 1. The first-order chi connectivity index (χ1) is 14.8. The number of aromatic nitrogens is 3. The first kappa shape index (κ1) is 21.6. The Balaban J connectivity index is 1.55. The highest BCUT2D eigenvalue weighted by atomic mass is 32.1. The third kappa shape index (κ3) is 4.68. The monoisotopic (exact) mass is 441 g/mol. The number of carbonyl (C=O) groups is 1. The maximum atomic E-state index is 13.1. The predicted octanol–water partition coefficient (Wildman–Crippen LogP) is 3.30. The Morgan fingerprint density at radius 1 is 1.23 bits per heavy atom. The maximum absolute atomic E-state index is 13.1. The molecule has 0 bridgehead atoms. The molecule has 4 rings (SSSR count). The van der Waals surface area contributed by atoms with E-state index >= 15 is 0 Å². The molecule has 0 aliphatic carbocycles. The van der Waals surface area contributed by atoms with Crippen molar-refractivity contribution < 1.29 is 9.53 Å². The number of morpholine rings is 1. The van der Waals surface area contributed by atoms with Crippen LogP contribution in [0.25, 0.3) is 10.8 Å². The van der Waals surface area contributed by atoms with Crippen LogP contribution in [-0.2, 0) is 11.3 Å². The molecule has 31 heavy (non-hydrogen) atoms. The number of thiazole rings is 1. The van der Waals surface area contributed by atoms with Gasteiger partial charge in [0, 0.05) is 30.4 Å². The number of ether oxygens (including phenoxy) is 1. The van der Waals surface area contributed by atoms with Gasteiger partial charge in [0.1, 0.15) is 0 Å². The van der Waals surface area contributed by atoms with E-state index in [2.05, 4.69) is 34.1 Å². The molecule has 1 aromatic carbocycles. The second-order valence-corrected chi connectivity index (χ2v) is 9.15. The molecule has 1 N–H and O–H groups in total. The molecule has 0 spiro atoms. The molecular weight excluding hydrogens is 414 g/mol. The summed E-state index contributed by atoms with van der Waals surface area (Å²) in [6.07, 6.45) is 0.384. The zero-order chi connectivity index (χ0) is 22.1. The molecule has 164 valence electrons. The van der Waals surface area contributed by atoms with Crippen LogP contribution in [0, 0.1) is 0 Å². The van der Waals surface area contributed by atoms with Crippen molar-refractivity contribution in [3.05, 3.63) is 51.4 Å². The summed E-state index contributed by atoms with van der Waals surface area (Å²) in [6, 6.07) is 6.90. The van der Waals surface area contributed by atoms with Crippen molar-refractivity contribution in [1.29, 1.82) is 0 Å². The lowest BCUT2D eigenvalue weighted by Gasteiger charge is -2.34. The Kier molecular flexibility index (Phi) is 6.17. The quantitative estimate of drug-likeness (QED) is 0.654. The third-order valence-electron chi connectivity index (χ3n) is 5.19. The first-order valence-electron chi connectivity index (χ1n) is 10.5. The molecule has 3 aromatic rings. The molecule has 1 aliphatic heterocycles. The van der Waals surface area contributed by atoms with Crippen molar-refractivity contribution in [2.24, 2.45) is 0 Å². The fourth-order valence-corrected chi connectivity index (χ4v) is 4.66. The van der Waals surface area contributed by atoms with Crippen molar-refractivity contribution >= 4 is 33.1 Å². The molecule has 3 heterocycles. The van der Waals surface area contributed by atoms with E-state index in [0.29, 0.717) is 22.4 Å². The lowest BCUT2D eigenvalue weighted by Crippen LogP contribution is -2.44. The molecule has 8 nitrogen and oxygen atoms in total. The maximum Gasteiger partial charge on any atom is 0.278 e. The van der Waals surface area contributed by atoms with Crippen molar-refractivity contribution in [1.82, 2.24) is 19.7 Å². The first-order valence-corrected chi connectivity index (χ1v) is 11.3. The molecule has 0 saturated carbocycles. The van der Waals surface area contributed by atoms with Gasteiger partial charge in [-0.25, -0.2) is 9.67 Å². The molecular formula is C22H27N5O3S. The van der Waals surface area contributed by atoms with E-state index in [1.165, 1.54) is 16.0 Å². The molecule has 1 aliphatic rings. The van der Waals surface area contributed by atoms with Gasteiger partial charge < -0.3 is 4.74 Å². The highest BCUT2D eigenvalue weighted by Gasteiger charge is 2.23. The number of nitrogens with zero attached hydrogens (tertiary/aromatic N) is 4. The van der Waals surface area contributed by atoms with E-state index in [1.807, 2.05) is 19.2 Å². The van der Waals surface area contributed by atoms with E-state index in [1.54, 1.807) is 24.3 Å². The fourth-order valence-electron chi connectivity index (χ4n) is 3.96. The number of hydrogen-bond acceptors (Lipinski definition) is 7. The highest BCUT2D eigenvalue weighted by molar-refractivity contribution is 7.14. The van der Waals surface area contributed by atoms with Gasteiger partial charge in [0.2, 0.25) is 0 Å². The Hall–Kier alpha value is -2.62. The second-order valence-electron chi connectivity index (χ2n) is 8.29. The number of fused-ring (bicyclic) bond motifs is 1. The van der Waals surface area contributed by atoms with Crippen LogP contribution >= 0.6 is 11.3 Å². The Bertz CT molecular complexity index is 1150. The van der Waals surface area contributed by atoms with Crippen LogP contribution < -0.4 is 10.9 Å². The minimum Gasteiger partial charge on any atom is -0.373 e. The summed E-state index contributed by atoms with van der Waals surface area (Å²) in [6.45, 7) is 10.3. The predicted molar refractivity (Wildman–Crippen MR) is 122 cm³/mol. The molecule has 1 saturated heterocycles. The van der Waals surface area contributed by atoms with Gasteiger partial charge in [-0.3, -0.25) is 19.8 Å². The fraction of sp³-hybridized carbons (Fsp3) is 0.455. The standard InChI is InChI=1S/C22H27N5O3S/c1-13(2)27-21(29)18-8-6-5-7-17(18)19(25-27)20(28)24-22-23-16(12-31-22)11-26-9-14(3)30-15(4)10-26/h5-8,12-15H,9-11H2,1-4H3,(H,23,24,28). The molecule has 2 unspecified atom stereocenters. The summed E-state index contributed by atoms with van der Waals surface area (Å²) in [5, 5.41) is 10.7. The second kappa shape index (κ2) is 8.86. The van der Waals surface area contributed by atoms with Crippen molar-refractivity contribution in [2.45, 2.75) is 52.5 Å². The summed E-state index contributed by atoms with van der Waals surface area (Å²) in [5.41, 5.74) is 0.927. The van der Waals surface area contributed by atoms with Crippen LogP contribution in [0.5, 0.6) is 0 Å². The third-order valence-corrected chi connectivity index (χ3v) is 5.99. The summed E-state index contributed by atoms with van der Waals surface area (Å²) < 4.78 is 7.14. The topological polar surface area (TPSA) is 89.4 Å². The van der Waals surface area contributed by atoms with Crippen LogP contribution in [-0.4, -0.2) is 50.9 Å². The number of rotatable bonds is 5. The number of nitrogens with one attached hydrogen (secondary N) is 1. The van der Waals surface area contributed by atoms with E-state index in [9.17, 15) is 9.59 Å². The van der Waals surface area contributed by atoms with Crippen molar-refractivity contribution in [3.63, 3.8) is 0 Å². The van der Waals surface area contributed by atoms with Crippen LogP contribution in [0.4, 0.5) is 5.13 Å². The summed E-state index contributed by atoms with van der Waals surface area (Å²) >= 11 is 1.38. The smallest absolute Gasteiger partial charge is 0.278 e. The lowest BCUT2D eigenvalue weighted by molar-refractivity contribution is -0.0707. The zero-order valence-corrected chi connectivity index (χ0v) is 19.0. The average Bonchev–Trinajstić information content (AvgIpc) is 3.14. The number of amides is 1.